The van der Waals surface area contributed by atoms with E-state index in [1.807, 2.05) is 73.7 Å². The fraction of sp³-hybridized carbons (Fsp3) is 0.120. The number of aliphatic imine (C=N–C) groups is 1. The van der Waals surface area contributed by atoms with Gasteiger partial charge in [-0.2, -0.15) is 0 Å². The molecule has 0 saturated heterocycles. The monoisotopic (exact) mass is 433 g/mol. The summed E-state index contributed by atoms with van der Waals surface area (Å²) < 4.78 is 17.0. The maximum absolute atomic E-state index is 12.3. The third-order valence-electron chi connectivity index (χ3n) is 4.55. The molecule has 0 aliphatic carbocycles. The van der Waals surface area contributed by atoms with Crippen LogP contribution < -0.4 is 9.47 Å². The highest BCUT2D eigenvalue weighted by Gasteiger charge is 2.24. The number of hydrogen-bond acceptors (Lipinski definition) is 5. The Labute approximate surface area is 185 Å². The second kappa shape index (κ2) is 9.49. The van der Waals surface area contributed by atoms with Gasteiger partial charge in [0.2, 0.25) is 5.90 Å². The number of carbonyl (C=O) groups excluding carboxylic acids is 1. The lowest BCUT2D eigenvalue weighted by atomic mass is 10.1. The highest BCUT2D eigenvalue weighted by Crippen LogP contribution is 2.31. The maximum Gasteiger partial charge on any atom is 0.363 e. The van der Waals surface area contributed by atoms with Crippen LogP contribution in [0.3, 0.4) is 0 Å². The Morgan fingerprint density at radius 1 is 0.968 bits per heavy atom. The molecule has 0 N–H and O–H groups in total. The van der Waals surface area contributed by atoms with Crippen LogP contribution in [0.15, 0.2) is 83.5 Å². The number of benzene rings is 3. The van der Waals surface area contributed by atoms with Crippen LogP contribution in [-0.4, -0.2) is 18.5 Å². The molecule has 6 heteroatoms. The molecule has 4 rings (SSSR count). The number of esters is 1. The van der Waals surface area contributed by atoms with Crippen LogP contribution in [0.1, 0.15) is 23.6 Å². The van der Waals surface area contributed by atoms with Gasteiger partial charge in [0, 0.05) is 16.1 Å². The van der Waals surface area contributed by atoms with E-state index in [1.54, 1.807) is 12.1 Å². The molecule has 1 heterocycles. The summed E-state index contributed by atoms with van der Waals surface area (Å²) in [7, 11) is 0. The predicted molar refractivity (Wildman–Crippen MR) is 120 cm³/mol. The van der Waals surface area contributed by atoms with Gasteiger partial charge in [0.1, 0.15) is 6.61 Å². The quantitative estimate of drug-likeness (QED) is 0.356. The zero-order valence-electron chi connectivity index (χ0n) is 16.9. The van der Waals surface area contributed by atoms with Crippen molar-refractivity contribution < 1.29 is 19.0 Å². The Bertz CT molecular complexity index is 1160. The molecule has 3 aromatic rings. The van der Waals surface area contributed by atoms with Crippen molar-refractivity contribution in [3.05, 3.63) is 100 Å². The number of hydrogen-bond donors (Lipinski definition) is 0. The van der Waals surface area contributed by atoms with Crippen LogP contribution in [0, 0.1) is 0 Å². The number of ether oxygens (including phenoxy) is 3. The molecule has 5 nitrogen and oxygen atoms in total. The minimum absolute atomic E-state index is 0.228. The largest absolute Gasteiger partial charge is 0.490 e. The lowest BCUT2D eigenvalue weighted by Gasteiger charge is -2.13. The molecule has 0 unspecified atom stereocenters. The average Bonchev–Trinajstić information content (AvgIpc) is 3.15. The summed E-state index contributed by atoms with van der Waals surface area (Å²) in [6.07, 6.45) is 1.67. The van der Waals surface area contributed by atoms with E-state index >= 15 is 0 Å². The average molecular weight is 434 g/mol. The van der Waals surface area contributed by atoms with E-state index < -0.39 is 5.97 Å². The van der Waals surface area contributed by atoms with Gasteiger partial charge >= 0.3 is 5.97 Å². The molecule has 3 aromatic carbocycles. The third kappa shape index (κ3) is 4.95. The van der Waals surface area contributed by atoms with Gasteiger partial charge in [-0.15, -0.1) is 0 Å². The summed E-state index contributed by atoms with van der Waals surface area (Å²) >= 11 is 6.21. The summed E-state index contributed by atoms with van der Waals surface area (Å²) in [5, 5.41) is 0.647. The minimum Gasteiger partial charge on any atom is -0.490 e. The lowest BCUT2D eigenvalue weighted by Crippen LogP contribution is -2.05. The van der Waals surface area contributed by atoms with Gasteiger partial charge in [-0.1, -0.05) is 54.1 Å². The first-order valence-electron chi connectivity index (χ1n) is 9.85. The number of cyclic esters (lactones) is 1. The van der Waals surface area contributed by atoms with Crippen LogP contribution in [0.4, 0.5) is 0 Å². The first-order chi connectivity index (χ1) is 15.1. The number of halogens is 1. The summed E-state index contributed by atoms with van der Waals surface area (Å²) in [6, 6.07) is 22.3. The number of nitrogens with zero attached hydrogens (tertiary/aromatic N) is 1. The van der Waals surface area contributed by atoms with Crippen LogP contribution >= 0.6 is 11.6 Å². The van der Waals surface area contributed by atoms with Crippen LogP contribution in [0.2, 0.25) is 5.02 Å². The Morgan fingerprint density at radius 2 is 1.74 bits per heavy atom. The molecule has 1 aliphatic heterocycles. The van der Waals surface area contributed by atoms with E-state index in [9.17, 15) is 4.79 Å². The lowest BCUT2D eigenvalue weighted by molar-refractivity contribution is -0.129. The molecule has 0 fully saturated rings. The molecular formula is C25H20ClNO4. The second-order valence-electron chi connectivity index (χ2n) is 6.72. The summed E-state index contributed by atoms with van der Waals surface area (Å²) in [4.78, 5) is 16.6. The predicted octanol–water partition coefficient (Wildman–Crippen LogP) is 5.66. The molecule has 156 valence electrons. The maximum atomic E-state index is 12.3. The molecule has 0 bridgehead atoms. The van der Waals surface area contributed by atoms with E-state index in [1.165, 1.54) is 0 Å². The molecule has 0 amide bonds. The second-order valence-corrected chi connectivity index (χ2v) is 7.13. The van der Waals surface area contributed by atoms with Crippen molar-refractivity contribution in [2.75, 3.05) is 6.61 Å². The Hall–Kier alpha value is -3.57. The van der Waals surface area contributed by atoms with Gasteiger partial charge in [0.05, 0.1) is 6.61 Å². The van der Waals surface area contributed by atoms with E-state index in [-0.39, 0.29) is 5.70 Å². The fourth-order valence-electron chi connectivity index (χ4n) is 3.04. The van der Waals surface area contributed by atoms with Crippen LogP contribution in [0.25, 0.3) is 6.08 Å². The summed E-state index contributed by atoms with van der Waals surface area (Å²) in [5.74, 6) is 0.964. The molecule has 0 spiro atoms. The molecule has 31 heavy (non-hydrogen) atoms. The molecule has 1 aliphatic rings. The van der Waals surface area contributed by atoms with Gasteiger partial charge in [-0.05, 0) is 48.9 Å². The number of rotatable bonds is 7. The Kier molecular flexibility index (Phi) is 6.34. The highest BCUT2D eigenvalue weighted by atomic mass is 35.5. The van der Waals surface area contributed by atoms with Crippen molar-refractivity contribution in [2.45, 2.75) is 13.5 Å². The summed E-state index contributed by atoms with van der Waals surface area (Å²) in [6.45, 7) is 2.69. The van der Waals surface area contributed by atoms with Gasteiger partial charge in [0.25, 0.3) is 0 Å². The number of carbonyl (C=O) groups is 1. The molecule has 0 radical (unpaired) electrons. The van der Waals surface area contributed by atoms with Crippen molar-refractivity contribution in [3.8, 4) is 11.5 Å². The fourth-order valence-corrected chi connectivity index (χ4v) is 3.23. The zero-order chi connectivity index (χ0) is 21.6. The van der Waals surface area contributed by atoms with Gasteiger partial charge in [0.15, 0.2) is 17.2 Å². The first-order valence-corrected chi connectivity index (χ1v) is 10.2. The van der Waals surface area contributed by atoms with Gasteiger partial charge < -0.3 is 14.2 Å². The molecule has 0 atom stereocenters. The first kappa shape index (κ1) is 20.7. The highest BCUT2D eigenvalue weighted by molar-refractivity contribution is 6.31. The van der Waals surface area contributed by atoms with E-state index in [0.717, 1.165) is 16.7 Å². The minimum atomic E-state index is -0.490. The van der Waals surface area contributed by atoms with E-state index in [2.05, 4.69) is 4.99 Å². The SMILES string of the molecule is CCOc1cc(C=C2N=C(c3ccccc3)OC2=O)ccc1OCc1ccccc1Cl. The summed E-state index contributed by atoms with van der Waals surface area (Å²) in [5.41, 5.74) is 2.61. The van der Waals surface area contributed by atoms with Crippen LogP contribution in [-0.2, 0) is 16.1 Å². The Balaban J connectivity index is 1.56. The van der Waals surface area contributed by atoms with Crippen LogP contribution in [0.5, 0.6) is 11.5 Å². The van der Waals surface area contributed by atoms with Gasteiger partial charge in [-0.3, -0.25) is 0 Å². The van der Waals surface area contributed by atoms with Crippen molar-refractivity contribution in [1.82, 2.24) is 0 Å². The zero-order valence-corrected chi connectivity index (χ0v) is 17.6. The van der Waals surface area contributed by atoms with E-state index in [0.29, 0.717) is 35.6 Å². The molecular weight excluding hydrogens is 414 g/mol. The van der Waals surface area contributed by atoms with Crippen molar-refractivity contribution in [1.29, 1.82) is 0 Å². The topological polar surface area (TPSA) is 57.1 Å². The van der Waals surface area contributed by atoms with Crippen molar-refractivity contribution in [3.63, 3.8) is 0 Å². The standard InChI is InChI=1S/C25H20ClNO4/c1-2-29-23-15-17(12-13-22(23)30-16-19-10-6-7-11-20(19)26)14-21-25(28)31-24(27-21)18-8-4-3-5-9-18/h3-15H,2,16H2,1H3. The third-order valence-corrected chi connectivity index (χ3v) is 4.92. The van der Waals surface area contributed by atoms with Crippen molar-refractivity contribution >= 4 is 29.5 Å². The molecule has 0 aromatic heterocycles. The Morgan fingerprint density at radius 3 is 2.52 bits per heavy atom. The van der Waals surface area contributed by atoms with E-state index in [4.69, 9.17) is 25.8 Å². The van der Waals surface area contributed by atoms with Gasteiger partial charge in [-0.25, -0.2) is 9.79 Å². The molecule has 0 saturated carbocycles. The normalized spacial score (nSPS) is 14.3. The van der Waals surface area contributed by atoms with Crippen molar-refractivity contribution in [2.24, 2.45) is 4.99 Å². The smallest absolute Gasteiger partial charge is 0.363 e.